The molecule has 0 saturated heterocycles. The molecule has 1 atom stereocenters. The van der Waals surface area contributed by atoms with Gasteiger partial charge in [-0.2, -0.15) is 20.8 Å². The Hall–Kier alpha value is -1.12. The Labute approximate surface area is 135 Å². The number of halogens is 3. The van der Waals surface area contributed by atoms with Crippen LogP contribution in [0, 0.1) is 0 Å². The molecule has 1 unspecified atom stereocenters. The van der Waals surface area contributed by atoms with Crippen LogP contribution in [-0.4, -0.2) is 19.8 Å². The van der Waals surface area contributed by atoms with Crippen LogP contribution in [0.15, 0.2) is 24.3 Å². The number of rotatable bonds is 3. The van der Waals surface area contributed by atoms with E-state index in [0.717, 1.165) is 0 Å². The Morgan fingerprint density at radius 2 is 1.67 bits per heavy atom. The molecule has 112 valence electrons. The van der Waals surface area contributed by atoms with Crippen molar-refractivity contribution in [3.8, 4) is 0 Å². The third-order valence-corrected chi connectivity index (χ3v) is 2.64. The van der Waals surface area contributed by atoms with Gasteiger partial charge >= 0.3 is 8.25 Å². The lowest BCUT2D eigenvalue weighted by Gasteiger charge is -2.06. The van der Waals surface area contributed by atoms with Crippen molar-refractivity contribution in [3.63, 3.8) is 0 Å². The van der Waals surface area contributed by atoms with Crippen LogP contribution in [-0.2, 0) is 9.19 Å². The fraction of sp³-hybridized carbons (Fsp3) is 0. The Morgan fingerprint density at radius 3 is 2.14 bits per heavy atom. The molecule has 0 aliphatic rings. The Balaban J connectivity index is 0.000000383. The van der Waals surface area contributed by atoms with Gasteiger partial charge in [0.25, 0.3) is 0 Å². The van der Waals surface area contributed by atoms with Crippen molar-refractivity contribution in [3.05, 3.63) is 39.9 Å². The second kappa shape index (κ2) is 9.01. The predicted molar refractivity (Wildman–Crippen MR) is 79.7 cm³/mol. The molecule has 2 rings (SSSR count). The number of anilines is 2. The minimum Gasteiger partial charge on any atom is -0.323 e. The van der Waals surface area contributed by atoms with Gasteiger partial charge in [-0.05, 0) is 40.0 Å². The van der Waals surface area contributed by atoms with Gasteiger partial charge in [-0.25, -0.2) is 0 Å². The first-order valence-electron chi connectivity index (χ1n) is 5.04. The number of para-hydroxylation sites is 1. The monoisotopic (exact) mass is 370 g/mol. The lowest BCUT2D eigenvalue weighted by molar-refractivity contribution is 0.292. The van der Waals surface area contributed by atoms with Gasteiger partial charge in [0, 0.05) is 4.57 Å². The van der Waals surface area contributed by atoms with Gasteiger partial charge < -0.3 is 5.32 Å². The summed E-state index contributed by atoms with van der Waals surface area (Å²) in [4.78, 5) is 18.9. The van der Waals surface area contributed by atoms with Gasteiger partial charge in [0.15, 0.2) is 0 Å². The molecule has 0 amide bonds. The Kier molecular flexibility index (Phi) is 7.69. The van der Waals surface area contributed by atoms with E-state index in [1.807, 2.05) is 12.1 Å². The van der Waals surface area contributed by atoms with Gasteiger partial charge in [0.1, 0.15) is 0 Å². The number of benzene rings is 1. The number of nitrogens with zero attached hydrogens (tertiary/aromatic N) is 3. The molecule has 1 aromatic carbocycles. The maximum atomic E-state index is 9.17. The normalized spacial score (nSPS) is 10.4. The summed E-state index contributed by atoms with van der Waals surface area (Å²) in [5, 5.41) is 3.49. The van der Waals surface area contributed by atoms with Gasteiger partial charge in [-0.15, -0.1) is 4.89 Å². The van der Waals surface area contributed by atoms with Crippen LogP contribution in [0.1, 0.15) is 0 Å². The van der Waals surface area contributed by atoms with E-state index in [0.29, 0.717) is 10.7 Å². The zero-order chi connectivity index (χ0) is 15.8. The Morgan fingerprint density at radius 1 is 1.14 bits per heavy atom. The van der Waals surface area contributed by atoms with Crippen LogP contribution in [0.5, 0.6) is 0 Å². The molecule has 0 bridgehead atoms. The SMILES string of the molecule is Clc1nc(Cl)nc(Nc2ccccc2Cl)n1.NO[P+](=O)O. The van der Waals surface area contributed by atoms with E-state index in [1.54, 1.807) is 12.1 Å². The molecule has 4 N–H and O–H groups in total. The van der Waals surface area contributed by atoms with Gasteiger partial charge in [0.05, 0.1) is 10.7 Å². The van der Waals surface area contributed by atoms with Crippen LogP contribution in [0.4, 0.5) is 11.6 Å². The van der Waals surface area contributed by atoms with Crippen molar-refractivity contribution in [2.45, 2.75) is 0 Å². The van der Waals surface area contributed by atoms with Gasteiger partial charge in [-0.3, -0.25) is 0 Å². The van der Waals surface area contributed by atoms with Crippen LogP contribution < -0.4 is 11.2 Å². The summed E-state index contributed by atoms with van der Waals surface area (Å²) in [5.41, 5.74) is 0.669. The third kappa shape index (κ3) is 6.92. The topological polar surface area (TPSA) is 123 Å². The van der Waals surface area contributed by atoms with Crippen molar-refractivity contribution < 1.29 is 14.1 Å². The Bertz CT molecular complexity index is 613. The van der Waals surface area contributed by atoms with Crippen molar-refractivity contribution in [2.75, 3.05) is 5.32 Å². The molecule has 2 aromatic rings. The highest BCUT2D eigenvalue weighted by Gasteiger charge is 2.05. The fourth-order valence-corrected chi connectivity index (χ4v) is 1.61. The van der Waals surface area contributed by atoms with E-state index in [4.69, 9.17) is 44.3 Å². The molecular formula is C9H8Cl3N5O3P+. The number of hydrogen-bond donors (Lipinski definition) is 3. The van der Waals surface area contributed by atoms with Crippen LogP contribution in [0.25, 0.3) is 0 Å². The van der Waals surface area contributed by atoms with Crippen LogP contribution in [0.2, 0.25) is 15.6 Å². The minimum absolute atomic E-state index is 0.0227. The molecule has 0 radical (unpaired) electrons. The predicted octanol–water partition coefficient (Wildman–Crippen LogP) is 3.10. The molecule has 0 aliphatic heterocycles. The second-order valence-electron chi connectivity index (χ2n) is 3.15. The van der Waals surface area contributed by atoms with E-state index in [-0.39, 0.29) is 16.5 Å². The van der Waals surface area contributed by atoms with E-state index in [1.165, 1.54) is 0 Å². The fourth-order valence-electron chi connectivity index (χ4n) is 1.06. The quantitative estimate of drug-likeness (QED) is 0.555. The maximum absolute atomic E-state index is 9.17. The summed E-state index contributed by atoms with van der Waals surface area (Å²) in [5.74, 6) is 4.39. The maximum Gasteiger partial charge on any atom is 0.713 e. The highest BCUT2D eigenvalue weighted by molar-refractivity contribution is 7.32. The summed E-state index contributed by atoms with van der Waals surface area (Å²) >= 11 is 17.2. The number of aromatic nitrogens is 3. The molecule has 0 spiro atoms. The summed E-state index contributed by atoms with van der Waals surface area (Å²) in [6.07, 6.45) is 0. The number of hydrogen-bond acceptors (Lipinski definition) is 7. The van der Waals surface area contributed by atoms with Crippen molar-refractivity contribution >= 4 is 54.7 Å². The minimum atomic E-state index is -2.57. The first-order valence-corrected chi connectivity index (χ1v) is 7.30. The molecule has 8 nitrogen and oxygen atoms in total. The largest absolute Gasteiger partial charge is 0.713 e. The third-order valence-electron chi connectivity index (χ3n) is 1.79. The van der Waals surface area contributed by atoms with E-state index < -0.39 is 8.25 Å². The van der Waals surface area contributed by atoms with Gasteiger partial charge in [0.2, 0.25) is 16.5 Å². The van der Waals surface area contributed by atoms with Crippen molar-refractivity contribution in [1.82, 2.24) is 15.0 Å². The summed E-state index contributed by atoms with van der Waals surface area (Å²) in [7, 11) is -2.57. The number of nitrogens with one attached hydrogen (secondary N) is 1. The molecule has 1 aromatic heterocycles. The van der Waals surface area contributed by atoms with E-state index in [9.17, 15) is 0 Å². The molecular weight excluding hydrogens is 363 g/mol. The highest BCUT2D eigenvalue weighted by atomic mass is 35.5. The van der Waals surface area contributed by atoms with Gasteiger partial charge in [-0.1, -0.05) is 23.7 Å². The number of nitrogens with two attached hydrogens (primary N) is 1. The zero-order valence-corrected chi connectivity index (χ0v) is 13.2. The molecule has 0 fully saturated rings. The zero-order valence-electron chi connectivity index (χ0n) is 10.1. The molecule has 0 aliphatic carbocycles. The lowest BCUT2D eigenvalue weighted by atomic mass is 10.3. The average Bonchev–Trinajstić information content (AvgIpc) is 2.41. The first-order chi connectivity index (χ1) is 9.92. The van der Waals surface area contributed by atoms with Crippen molar-refractivity contribution in [2.24, 2.45) is 5.90 Å². The molecule has 12 heteroatoms. The van der Waals surface area contributed by atoms with Crippen molar-refractivity contribution in [1.29, 1.82) is 0 Å². The highest BCUT2D eigenvalue weighted by Crippen LogP contribution is 2.23. The van der Waals surface area contributed by atoms with E-state index >= 15 is 0 Å². The van der Waals surface area contributed by atoms with E-state index in [2.05, 4.69) is 30.8 Å². The summed E-state index contributed by atoms with van der Waals surface area (Å²) in [6, 6.07) is 7.18. The lowest BCUT2D eigenvalue weighted by Crippen LogP contribution is -1.99. The van der Waals surface area contributed by atoms with Crippen LogP contribution in [0.3, 0.4) is 0 Å². The molecule has 21 heavy (non-hydrogen) atoms. The molecule has 0 saturated carbocycles. The smallest absolute Gasteiger partial charge is 0.323 e. The molecule has 1 heterocycles. The summed E-state index contributed by atoms with van der Waals surface area (Å²) < 4.78 is 12.5. The standard InChI is InChI=1S/C9H5Cl3N4.H2NO3P/c10-5-3-1-2-4-6(5)13-9-15-7(11)14-8(12)16-9;1-4-5(2)3/h1-4H,(H,13,14,15,16);1H2/p+1. The van der Waals surface area contributed by atoms with Crippen LogP contribution >= 0.6 is 43.1 Å². The second-order valence-corrected chi connectivity index (χ2v) is 4.91. The average molecular weight is 372 g/mol. The first kappa shape index (κ1) is 17.9. The summed E-state index contributed by atoms with van der Waals surface area (Å²) in [6.45, 7) is 0.